The number of hydrazone groups is 1. The molecule has 1 heterocycles. The zero-order chi connectivity index (χ0) is 16.1. The summed E-state index contributed by atoms with van der Waals surface area (Å²) < 4.78 is 0. The first-order chi connectivity index (χ1) is 11.2. The van der Waals surface area contributed by atoms with E-state index in [1.54, 1.807) is 6.07 Å². The van der Waals surface area contributed by atoms with E-state index >= 15 is 0 Å². The number of thiophene rings is 1. The smallest absolute Gasteiger partial charge is 0.266 e. The van der Waals surface area contributed by atoms with Crippen LogP contribution in [0.1, 0.15) is 22.2 Å². The molecule has 1 amide bonds. The quantitative estimate of drug-likeness (QED) is 0.555. The second kappa shape index (κ2) is 7.03. The summed E-state index contributed by atoms with van der Waals surface area (Å²) in [6, 6.07) is 22.0. The summed E-state index contributed by atoms with van der Waals surface area (Å²) in [7, 11) is 0. The van der Waals surface area contributed by atoms with E-state index in [4.69, 9.17) is 0 Å². The van der Waals surface area contributed by atoms with E-state index in [2.05, 4.69) is 34.8 Å². The van der Waals surface area contributed by atoms with E-state index in [0.717, 1.165) is 16.8 Å². The minimum absolute atomic E-state index is 0.180. The summed E-state index contributed by atoms with van der Waals surface area (Å²) in [6.45, 7) is 1.88. The SMILES string of the molecule is CC(=NNC(=O)c1cccs1)c1ccc(-c2ccccc2)cc1. The van der Waals surface area contributed by atoms with Crippen LogP contribution in [0, 0.1) is 0 Å². The predicted octanol–water partition coefficient (Wildman–Crippen LogP) is 4.57. The molecule has 1 N–H and O–H groups in total. The molecule has 0 aliphatic heterocycles. The van der Waals surface area contributed by atoms with Crippen molar-refractivity contribution in [2.45, 2.75) is 6.92 Å². The lowest BCUT2D eigenvalue weighted by atomic mass is 10.0. The third-order valence-electron chi connectivity index (χ3n) is 3.48. The van der Waals surface area contributed by atoms with Gasteiger partial charge >= 0.3 is 0 Å². The third-order valence-corrected chi connectivity index (χ3v) is 4.35. The fourth-order valence-electron chi connectivity index (χ4n) is 2.20. The van der Waals surface area contributed by atoms with Gasteiger partial charge in [0.1, 0.15) is 0 Å². The highest BCUT2D eigenvalue weighted by molar-refractivity contribution is 7.12. The monoisotopic (exact) mass is 320 g/mol. The number of nitrogens with one attached hydrogen (secondary N) is 1. The second-order valence-corrected chi connectivity index (χ2v) is 6.01. The molecule has 1 aromatic heterocycles. The molecule has 3 nitrogen and oxygen atoms in total. The molecule has 0 spiro atoms. The minimum Gasteiger partial charge on any atom is -0.266 e. The molecular formula is C19H16N2OS. The van der Waals surface area contributed by atoms with Gasteiger partial charge in [-0.2, -0.15) is 5.10 Å². The number of rotatable bonds is 4. The summed E-state index contributed by atoms with van der Waals surface area (Å²) in [4.78, 5) is 12.5. The fourth-order valence-corrected chi connectivity index (χ4v) is 2.81. The number of hydrogen-bond acceptors (Lipinski definition) is 3. The lowest BCUT2D eigenvalue weighted by molar-refractivity contribution is 0.0959. The molecule has 2 aromatic carbocycles. The maximum atomic E-state index is 11.9. The van der Waals surface area contributed by atoms with Crippen molar-refractivity contribution >= 4 is 23.0 Å². The second-order valence-electron chi connectivity index (χ2n) is 5.06. The molecule has 3 aromatic rings. The van der Waals surface area contributed by atoms with E-state index in [9.17, 15) is 4.79 Å². The lowest BCUT2D eigenvalue weighted by Gasteiger charge is -2.05. The van der Waals surface area contributed by atoms with Crippen LogP contribution in [0.25, 0.3) is 11.1 Å². The van der Waals surface area contributed by atoms with Crippen molar-refractivity contribution in [3.63, 3.8) is 0 Å². The Labute approximate surface area is 139 Å². The topological polar surface area (TPSA) is 41.5 Å². The largest absolute Gasteiger partial charge is 0.281 e. The predicted molar refractivity (Wildman–Crippen MR) is 95.9 cm³/mol. The third kappa shape index (κ3) is 3.73. The Kier molecular flexibility index (Phi) is 4.64. The van der Waals surface area contributed by atoms with Crippen LogP contribution in [0.15, 0.2) is 77.2 Å². The average Bonchev–Trinajstić information content (AvgIpc) is 3.15. The molecule has 23 heavy (non-hydrogen) atoms. The van der Waals surface area contributed by atoms with E-state index in [1.807, 2.05) is 48.7 Å². The van der Waals surface area contributed by atoms with Gasteiger partial charge in [0.15, 0.2) is 0 Å². The minimum atomic E-state index is -0.180. The fraction of sp³-hybridized carbons (Fsp3) is 0.0526. The maximum Gasteiger partial charge on any atom is 0.281 e. The molecule has 0 saturated carbocycles. The van der Waals surface area contributed by atoms with Crippen LogP contribution in [-0.2, 0) is 0 Å². The van der Waals surface area contributed by atoms with E-state index in [0.29, 0.717) is 4.88 Å². The van der Waals surface area contributed by atoms with Crippen molar-refractivity contribution in [3.8, 4) is 11.1 Å². The first kappa shape index (κ1) is 15.2. The van der Waals surface area contributed by atoms with Crippen LogP contribution in [0.5, 0.6) is 0 Å². The van der Waals surface area contributed by atoms with Gasteiger partial charge in [-0.1, -0.05) is 60.7 Å². The molecule has 0 bridgehead atoms. The highest BCUT2D eigenvalue weighted by Crippen LogP contribution is 2.19. The standard InChI is InChI=1S/C19H16N2OS/c1-14(20-21-19(22)18-8-5-13-23-18)15-9-11-17(12-10-15)16-6-3-2-4-7-16/h2-13H,1H3,(H,21,22). The average molecular weight is 320 g/mol. The van der Waals surface area contributed by atoms with E-state index < -0.39 is 0 Å². The zero-order valence-electron chi connectivity index (χ0n) is 12.7. The molecule has 0 unspecified atom stereocenters. The van der Waals surface area contributed by atoms with Crippen LogP contribution in [0.3, 0.4) is 0 Å². The summed E-state index contributed by atoms with van der Waals surface area (Å²) in [5, 5.41) is 6.05. The van der Waals surface area contributed by atoms with Crippen LogP contribution in [-0.4, -0.2) is 11.6 Å². The van der Waals surface area contributed by atoms with Crippen LogP contribution in [0.2, 0.25) is 0 Å². The number of carbonyl (C=O) groups excluding carboxylic acids is 1. The van der Waals surface area contributed by atoms with Gasteiger partial charge < -0.3 is 0 Å². The molecule has 0 aliphatic rings. The van der Waals surface area contributed by atoms with Crippen LogP contribution in [0.4, 0.5) is 0 Å². The van der Waals surface area contributed by atoms with Gasteiger partial charge in [0, 0.05) is 0 Å². The first-order valence-electron chi connectivity index (χ1n) is 7.28. The molecule has 114 valence electrons. The highest BCUT2D eigenvalue weighted by atomic mass is 32.1. The van der Waals surface area contributed by atoms with Crippen molar-refractivity contribution in [1.82, 2.24) is 5.43 Å². The number of nitrogens with zero attached hydrogens (tertiary/aromatic N) is 1. The van der Waals surface area contributed by atoms with Crippen LogP contribution < -0.4 is 5.43 Å². The molecule has 4 heteroatoms. The number of benzene rings is 2. The lowest BCUT2D eigenvalue weighted by Crippen LogP contribution is -2.18. The van der Waals surface area contributed by atoms with Crippen LogP contribution >= 0.6 is 11.3 Å². The Hall–Kier alpha value is -2.72. The first-order valence-corrected chi connectivity index (χ1v) is 8.16. The Bertz CT molecular complexity index is 806. The number of hydrogen-bond donors (Lipinski definition) is 1. The summed E-state index contributed by atoms with van der Waals surface area (Å²) in [5.41, 5.74) is 6.68. The molecular weight excluding hydrogens is 304 g/mol. The van der Waals surface area contributed by atoms with Crippen molar-refractivity contribution in [2.24, 2.45) is 5.10 Å². The Balaban J connectivity index is 1.71. The normalized spacial score (nSPS) is 11.3. The molecule has 0 fully saturated rings. The number of carbonyl (C=O) groups is 1. The van der Waals surface area contributed by atoms with Gasteiger partial charge in [-0.3, -0.25) is 4.79 Å². The Morgan fingerprint density at radius 3 is 2.26 bits per heavy atom. The van der Waals surface area contributed by atoms with Gasteiger partial charge in [0.2, 0.25) is 0 Å². The Morgan fingerprint density at radius 2 is 1.61 bits per heavy atom. The summed E-state index contributed by atoms with van der Waals surface area (Å²) in [5.74, 6) is -0.180. The molecule has 0 atom stereocenters. The van der Waals surface area contributed by atoms with Crippen molar-refractivity contribution < 1.29 is 4.79 Å². The van der Waals surface area contributed by atoms with E-state index in [-0.39, 0.29) is 5.91 Å². The highest BCUT2D eigenvalue weighted by Gasteiger charge is 2.05. The molecule has 0 radical (unpaired) electrons. The molecule has 3 rings (SSSR count). The zero-order valence-corrected chi connectivity index (χ0v) is 13.5. The number of amides is 1. The van der Waals surface area contributed by atoms with Gasteiger partial charge in [-0.25, -0.2) is 5.43 Å². The van der Waals surface area contributed by atoms with Crippen molar-refractivity contribution in [1.29, 1.82) is 0 Å². The van der Waals surface area contributed by atoms with Crippen molar-refractivity contribution in [2.75, 3.05) is 0 Å². The van der Waals surface area contributed by atoms with Crippen molar-refractivity contribution in [3.05, 3.63) is 82.6 Å². The molecule has 0 aliphatic carbocycles. The summed E-state index contributed by atoms with van der Waals surface area (Å²) in [6.07, 6.45) is 0. The molecule has 0 saturated heterocycles. The van der Waals surface area contributed by atoms with E-state index in [1.165, 1.54) is 16.9 Å². The summed E-state index contributed by atoms with van der Waals surface area (Å²) >= 11 is 1.40. The van der Waals surface area contributed by atoms with Gasteiger partial charge in [-0.15, -0.1) is 11.3 Å². The van der Waals surface area contributed by atoms with Gasteiger partial charge in [0.25, 0.3) is 5.91 Å². The Morgan fingerprint density at radius 1 is 0.913 bits per heavy atom. The van der Waals surface area contributed by atoms with Gasteiger partial charge in [-0.05, 0) is 35.1 Å². The van der Waals surface area contributed by atoms with Gasteiger partial charge in [0.05, 0.1) is 10.6 Å². The maximum absolute atomic E-state index is 11.9.